The van der Waals surface area contributed by atoms with E-state index in [1.165, 1.54) is 49.8 Å². The second-order valence-corrected chi connectivity index (χ2v) is 7.87. The number of anilines is 1. The summed E-state index contributed by atoms with van der Waals surface area (Å²) in [5.74, 6) is 0.856. The molecule has 0 unspecified atom stereocenters. The molecule has 1 aromatic rings. The van der Waals surface area contributed by atoms with E-state index in [0.29, 0.717) is 12.6 Å². The molecule has 1 saturated carbocycles. The number of nitrogens with zero attached hydrogens (tertiary/aromatic N) is 2. The Hall–Kier alpha value is -1.79. The minimum Gasteiger partial charge on any atom is -0.378 e. The van der Waals surface area contributed by atoms with E-state index in [9.17, 15) is 0 Å². The van der Waals surface area contributed by atoms with E-state index in [4.69, 9.17) is 14.5 Å². The van der Waals surface area contributed by atoms with E-state index >= 15 is 0 Å². The number of guanidine groups is 1. The third kappa shape index (κ3) is 7.86. The van der Waals surface area contributed by atoms with E-state index in [2.05, 4.69) is 46.7 Å². The molecule has 162 valence electrons. The fraction of sp³-hybridized carbons (Fsp3) is 0.696. The topological polar surface area (TPSA) is 58.1 Å². The molecule has 0 bridgehead atoms. The molecule has 0 atom stereocenters. The Morgan fingerprint density at radius 1 is 1.07 bits per heavy atom. The summed E-state index contributed by atoms with van der Waals surface area (Å²) in [7, 11) is 0. The summed E-state index contributed by atoms with van der Waals surface area (Å²) in [5.41, 5.74) is 2.48. The Bertz CT molecular complexity index is 591. The molecule has 2 fully saturated rings. The van der Waals surface area contributed by atoms with Crippen molar-refractivity contribution in [2.45, 2.75) is 58.1 Å². The third-order valence-corrected chi connectivity index (χ3v) is 5.63. The monoisotopic (exact) mass is 402 g/mol. The van der Waals surface area contributed by atoms with Crippen LogP contribution < -0.4 is 15.5 Å². The largest absolute Gasteiger partial charge is 0.378 e. The van der Waals surface area contributed by atoms with Gasteiger partial charge in [0.1, 0.15) is 0 Å². The van der Waals surface area contributed by atoms with E-state index in [0.717, 1.165) is 52.0 Å². The first-order valence-electron chi connectivity index (χ1n) is 11.4. The molecule has 1 aliphatic heterocycles. The number of rotatable bonds is 8. The molecule has 6 nitrogen and oxygen atoms in total. The van der Waals surface area contributed by atoms with Crippen molar-refractivity contribution < 1.29 is 9.47 Å². The van der Waals surface area contributed by atoms with Crippen LogP contribution in [0, 0.1) is 0 Å². The quantitative estimate of drug-likeness (QED) is 0.302. The van der Waals surface area contributed by atoms with E-state index in [1.807, 2.05) is 0 Å². The molecule has 29 heavy (non-hydrogen) atoms. The zero-order chi connectivity index (χ0) is 20.2. The van der Waals surface area contributed by atoms with E-state index < -0.39 is 0 Å². The van der Waals surface area contributed by atoms with E-state index in [-0.39, 0.29) is 0 Å². The van der Waals surface area contributed by atoms with Gasteiger partial charge < -0.3 is 25.0 Å². The van der Waals surface area contributed by atoms with Crippen molar-refractivity contribution in [2.75, 3.05) is 50.9 Å². The van der Waals surface area contributed by atoms with Crippen molar-refractivity contribution >= 4 is 11.6 Å². The van der Waals surface area contributed by atoms with Crippen molar-refractivity contribution in [3.8, 4) is 0 Å². The van der Waals surface area contributed by atoms with Gasteiger partial charge in [-0.1, -0.05) is 37.8 Å². The van der Waals surface area contributed by atoms with Gasteiger partial charge in [-0.15, -0.1) is 0 Å². The van der Waals surface area contributed by atoms with Crippen molar-refractivity contribution in [2.24, 2.45) is 4.99 Å². The van der Waals surface area contributed by atoms with Crippen molar-refractivity contribution in [3.05, 3.63) is 29.8 Å². The number of hydrogen-bond acceptors (Lipinski definition) is 4. The van der Waals surface area contributed by atoms with Gasteiger partial charge in [0.2, 0.25) is 0 Å². The molecule has 2 aliphatic rings. The van der Waals surface area contributed by atoms with Crippen LogP contribution in [0.15, 0.2) is 29.3 Å². The van der Waals surface area contributed by atoms with Gasteiger partial charge in [0.25, 0.3) is 0 Å². The predicted octanol–water partition coefficient (Wildman–Crippen LogP) is 3.32. The van der Waals surface area contributed by atoms with Gasteiger partial charge in [-0.3, -0.25) is 0 Å². The van der Waals surface area contributed by atoms with Gasteiger partial charge in [-0.25, -0.2) is 4.99 Å². The lowest BCUT2D eigenvalue weighted by molar-refractivity contribution is 0.0468. The number of benzene rings is 1. The Morgan fingerprint density at radius 3 is 2.48 bits per heavy atom. The molecule has 0 radical (unpaired) electrons. The summed E-state index contributed by atoms with van der Waals surface area (Å²) in [6.07, 6.45) is 8.23. The van der Waals surface area contributed by atoms with Crippen LogP contribution in [0.2, 0.25) is 0 Å². The molecule has 0 amide bonds. The van der Waals surface area contributed by atoms with Crippen molar-refractivity contribution in [1.82, 2.24) is 10.6 Å². The first kappa shape index (κ1) is 21.9. The summed E-state index contributed by atoms with van der Waals surface area (Å²) in [6.45, 7) is 8.71. The first-order valence-corrected chi connectivity index (χ1v) is 11.4. The number of hydrogen-bond donors (Lipinski definition) is 2. The Labute approximate surface area is 176 Å². The fourth-order valence-electron chi connectivity index (χ4n) is 3.95. The minimum atomic E-state index is 0.448. The Morgan fingerprint density at radius 2 is 1.79 bits per heavy atom. The number of morpholine rings is 1. The number of aliphatic imine (C=N–C) groups is 1. The summed E-state index contributed by atoms with van der Waals surface area (Å²) in [5, 5.41) is 6.73. The minimum absolute atomic E-state index is 0.448. The maximum atomic E-state index is 6.07. The zero-order valence-electron chi connectivity index (χ0n) is 18.0. The maximum absolute atomic E-state index is 6.07. The average Bonchev–Trinajstić information content (AvgIpc) is 3.05. The van der Waals surface area contributed by atoms with Crippen molar-refractivity contribution in [1.29, 1.82) is 0 Å². The molecule has 1 saturated heterocycles. The molecule has 6 heteroatoms. The molecular formula is C23H38N4O2. The highest BCUT2D eigenvalue weighted by molar-refractivity contribution is 5.79. The van der Waals surface area contributed by atoms with Gasteiger partial charge in [0.05, 0.1) is 32.5 Å². The van der Waals surface area contributed by atoms with Crippen LogP contribution in [0.5, 0.6) is 0 Å². The lowest BCUT2D eigenvalue weighted by Gasteiger charge is -2.28. The van der Waals surface area contributed by atoms with E-state index in [1.54, 1.807) is 0 Å². The number of ether oxygens (including phenoxy) is 2. The lowest BCUT2D eigenvalue weighted by atomic mass is 10.1. The van der Waals surface area contributed by atoms with Crippen LogP contribution in [0.25, 0.3) is 0 Å². The number of nitrogens with one attached hydrogen (secondary N) is 2. The summed E-state index contributed by atoms with van der Waals surface area (Å²) in [4.78, 5) is 7.10. The Kier molecular flexibility index (Phi) is 9.60. The van der Waals surface area contributed by atoms with Gasteiger partial charge >= 0.3 is 0 Å². The smallest absolute Gasteiger partial charge is 0.191 e. The fourth-order valence-corrected chi connectivity index (χ4v) is 3.95. The van der Waals surface area contributed by atoms with Gasteiger partial charge in [0, 0.05) is 31.9 Å². The summed E-state index contributed by atoms with van der Waals surface area (Å²) < 4.78 is 11.5. The Balaban J connectivity index is 1.41. The highest BCUT2D eigenvalue weighted by atomic mass is 16.5. The molecule has 1 aliphatic carbocycles. The highest BCUT2D eigenvalue weighted by Crippen LogP contribution is 2.19. The van der Waals surface area contributed by atoms with Gasteiger partial charge in [0.15, 0.2) is 5.96 Å². The van der Waals surface area contributed by atoms with Crippen LogP contribution in [0.3, 0.4) is 0 Å². The summed E-state index contributed by atoms with van der Waals surface area (Å²) >= 11 is 0. The van der Waals surface area contributed by atoms with Crippen LogP contribution in [-0.4, -0.2) is 58.1 Å². The summed E-state index contributed by atoms with van der Waals surface area (Å²) in [6, 6.07) is 8.73. The third-order valence-electron chi connectivity index (χ3n) is 5.63. The van der Waals surface area contributed by atoms with Gasteiger partial charge in [-0.2, -0.15) is 0 Å². The first-order chi connectivity index (χ1) is 14.3. The van der Waals surface area contributed by atoms with Crippen LogP contribution in [0.1, 0.15) is 51.0 Å². The zero-order valence-corrected chi connectivity index (χ0v) is 18.0. The van der Waals surface area contributed by atoms with Crippen LogP contribution >= 0.6 is 0 Å². The standard InChI is InChI=1S/C23H38N4O2/c1-2-24-23(25-13-16-29-22-7-5-3-4-6-8-22)26-19-20-9-11-21(12-10-20)27-14-17-28-18-15-27/h9-12,22H,2-8,13-19H2,1H3,(H2,24,25,26). The second kappa shape index (κ2) is 12.7. The molecule has 1 heterocycles. The van der Waals surface area contributed by atoms with Crippen LogP contribution in [-0.2, 0) is 16.0 Å². The maximum Gasteiger partial charge on any atom is 0.191 e. The molecule has 3 rings (SSSR count). The molecule has 2 N–H and O–H groups in total. The molecule has 1 aromatic carbocycles. The predicted molar refractivity (Wildman–Crippen MR) is 120 cm³/mol. The SMILES string of the molecule is CCNC(=NCc1ccc(N2CCOCC2)cc1)NCCOC1CCCCCC1. The van der Waals surface area contributed by atoms with Gasteiger partial charge in [-0.05, 0) is 37.5 Å². The van der Waals surface area contributed by atoms with Crippen molar-refractivity contribution in [3.63, 3.8) is 0 Å². The average molecular weight is 403 g/mol. The highest BCUT2D eigenvalue weighted by Gasteiger charge is 2.12. The van der Waals surface area contributed by atoms with Crippen LogP contribution in [0.4, 0.5) is 5.69 Å². The second-order valence-electron chi connectivity index (χ2n) is 7.87. The molecular weight excluding hydrogens is 364 g/mol. The molecule has 0 aromatic heterocycles. The normalized spacial score (nSPS) is 19.1. The molecule has 0 spiro atoms. The lowest BCUT2D eigenvalue weighted by Crippen LogP contribution is -2.39.